The number of imidazole rings is 1. The number of hydrogen-bond acceptors (Lipinski definition) is 8. The van der Waals surface area contributed by atoms with Crippen molar-refractivity contribution < 1.29 is 28.5 Å². The number of carbonyl (C=O) groups excluding carboxylic acids is 1. The number of carbonyl (C=O) groups is 1. The van der Waals surface area contributed by atoms with Gasteiger partial charge in [-0.1, -0.05) is 30.3 Å². The first kappa shape index (κ1) is 23.7. The molecule has 186 valence electrons. The van der Waals surface area contributed by atoms with E-state index in [-0.39, 0.29) is 22.9 Å². The average molecular weight is 496 g/mol. The summed E-state index contributed by atoms with van der Waals surface area (Å²) in [5.74, 6) is -1.93. The summed E-state index contributed by atoms with van der Waals surface area (Å²) >= 11 is 0. The van der Waals surface area contributed by atoms with Crippen LogP contribution in [0.15, 0.2) is 54.9 Å². The zero-order chi connectivity index (χ0) is 25.4. The predicted molar refractivity (Wildman–Crippen MR) is 124 cm³/mol. The SMILES string of the molecule is CNC(=O)[C@@H]1OC(n2cnc3c(NCc4ccccc4)nc(-c4cc(F)cc(F)c4)nc32)C(O)C1O. The lowest BCUT2D eigenvalue weighted by Gasteiger charge is -2.17. The van der Waals surface area contributed by atoms with Crippen LogP contribution in [0.3, 0.4) is 0 Å². The van der Waals surface area contributed by atoms with E-state index in [1.807, 2.05) is 30.3 Å². The molecule has 4 atom stereocenters. The van der Waals surface area contributed by atoms with Gasteiger partial charge in [0.05, 0.1) is 6.33 Å². The molecule has 4 aromatic rings. The van der Waals surface area contributed by atoms with Gasteiger partial charge in [-0.3, -0.25) is 9.36 Å². The maximum atomic E-state index is 14.0. The number of hydrogen-bond donors (Lipinski definition) is 4. The van der Waals surface area contributed by atoms with Crippen LogP contribution in [0.25, 0.3) is 22.6 Å². The van der Waals surface area contributed by atoms with Crippen LogP contribution in [0.4, 0.5) is 14.6 Å². The molecule has 1 amide bonds. The van der Waals surface area contributed by atoms with E-state index in [4.69, 9.17) is 4.74 Å². The number of nitrogens with one attached hydrogen (secondary N) is 2. The molecule has 0 saturated carbocycles. The summed E-state index contributed by atoms with van der Waals surface area (Å²) in [7, 11) is 1.38. The number of rotatable bonds is 6. The first-order chi connectivity index (χ1) is 17.4. The minimum absolute atomic E-state index is 0.00546. The normalized spacial score (nSPS) is 21.6. The number of anilines is 1. The van der Waals surface area contributed by atoms with E-state index < -0.39 is 42.1 Å². The molecule has 5 rings (SSSR count). The number of aliphatic hydroxyl groups is 2. The molecular formula is C24H22F2N6O4. The zero-order valence-corrected chi connectivity index (χ0v) is 19.0. The summed E-state index contributed by atoms with van der Waals surface area (Å²) in [6, 6.07) is 12.4. The van der Waals surface area contributed by atoms with E-state index >= 15 is 0 Å². The number of amides is 1. The Kier molecular flexibility index (Phi) is 6.31. The molecule has 0 spiro atoms. The summed E-state index contributed by atoms with van der Waals surface area (Å²) < 4.78 is 34.9. The number of aliphatic hydroxyl groups excluding tert-OH is 2. The second kappa shape index (κ2) is 9.57. The monoisotopic (exact) mass is 496 g/mol. The van der Waals surface area contributed by atoms with Gasteiger partial charge in [0.2, 0.25) is 0 Å². The largest absolute Gasteiger partial charge is 0.387 e. The molecule has 2 aromatic heterocycles. The molecule has 2 aromatic carbocycles. The Hall–Kier alpha value is -4.00. The number of ether oxygens (including phenoxy) is 1. The molecule has 1 saturated heterocycles. The number of likely N-dealkylation sites (N-methyl/N-ethyl adjacent to an activating group) is 1. The third-order valence-electron chi connectivity index (χ3n) is 5.86. The van der Waals surface area contributed by atoms with Crippen molar-refractivity contribution in [1.29, 1.82) is 0 Å². The minimum Gasteiger partial charge on any atom is -0.387 e. The van der Waals surface area contributed by atoms with E-state index in [0.29, 0.717) is 12.1 Å². The van der Waals surface area contributed by atoms with E-state index in [0.717, 1.165) is 23.8 Å². The Morgan fingerprint density at radius 2 is 1.81 bits per heavy atom. The molecule has 4 N–H and O–H groups in total. The third-order valence-corrected chi connectivity index (χ3v) is 5.86. The van der Waals surface area contributed by atoms with Crippen LogP contribution in [0.1, 0.15) is 11.8 Å². The molecule has 0 radical (unpaired) electrons. The Morgan fingerprint density at radius 1 is 1.08 bits per heavy atom. The van der Waals surface area contributed by atoms with Gasteiger partial charge in [-0.05, 0) is 17.7 Å². The van der Waals surface area contributed by atoms with Crippen LogP contribution < -0.4 is 10.6 Å². The molecule has 1 aliphatic rings. The minimum atomic E-state index is -1.50. The van der Waals surface area contributed by atoms with Crippen molar-refractivity contribution in [3.63, 3.8) is 0 Å². The van der Waals surface area contributed by atoms with Gasteiger partial charge in [0.25, 0.3) is 5.91 Å². The quantitative estimate of drug-likeness (QED) is 0.317. The maximum absolute atomic E-state index is 14.0. The van der Waals surface area contributed by atoms with Gasteiger partial charge in [0, 0.05) is 25.2 Å². The second-order valence-corrected chi connectivity index (χ2v) is 8.26. The number of aromatic nitrogens is 4. The van der Waals surface area contributed by atoms with Crippen molar-refractivity contribution in [3.05, 3.63) is 72.1 Å². The van der Waals surface area contributed by atoms with Gasteiger partial charge >= 0.3 is 0 Å². The topological polar surface area (TPSA) is 134 Å². The molecule has 1 aliphatic heterocycles. The maximum Gasteiger partial charge on any atom is 0.251 e. The smallest absolute Gasteiger partial charge is 0.251 e. The summed E-state index contributed by atoms with van der Waals surface area (Å²) in [6.45, 7) is 0.372. The van der Waals surface area contributed by atoms with E-state index in [1.165, 1.54) is 17.9 Å². The number of benzene rings is 2. The number of fused-ring (bicyclic) bond motifs is 1. The number of nitrogens with zero attached hydrogens (tertiary/aromatic N) is 4. The third kappa shape index (κ3) is 4.37. The molecule has 3 unspecified atom stereocenters. The highest BCUT2D eigenvalue weighted by Crippen LogP contribution is 2.34. The van der Waals surface area contributed by atoms with Gasteiger partial charge in [-0.2, -0.15) is 0 Å². The molecule has 0 aliphatic carbocycles. The molecule has 1 fully saturated rings. The first-order valence-corrected chi connectivity index (χ1v) is 11.1. The van der Waals surface area contributed by atoms with Gasteiger partial charge in [0.15, 0.2) is 35.1 Å². The highest BCUT2D eigenvalue weighted by molar-refractivity contribution is 5.85. The molecule has 36 heavy (non-hydrogen) atoms. The van der Waals surface area contributed by atoms with Crippen molar-refractivity contribution in [3.8, 4) is 11.4 Å². The highest BCUT2D eigenvalue weighted by atomic mass is 19.1. The second-order valence-electron chi connectivity index (χ2n) is 8.26. The molecule has 12 heteroatoms. The van der Waals surface area contributed by atoms with E-state index in [1.54, 1.807) is 0 Å². The van der Waals surface area contributed by atoms with E-state index in [2.05, 4.69) is 25.6 Å². The van der Waals surface area contributed by atoms with Gasteiger partial charge in [-0.15, -0.1) is 0 Å². The lowest BCUT2D eigenvalue weighted by atomic mass is 10.1. The fourth-order valence-corrected chi connectivity index (χ4v) is 4.07. The van der Waals surface area contributed by atoms with Crippen molar-refractivity contribution in [2.75, 3.05) is 12.4 Å². The van der Waals surface area contributed by atoms with Gasteiger partial charge in [0.1, 0.15) is 23.8 Å². The molecular weight excluding hydrogens is 474 g/mol. The lowest BCUT2D eigenvalue weighted by Crippen LogP contribution is -2.41. The fourth-order valence-electron chi connectivity index (χ4n) is 4.07. The van der Waals surface area contributed by atoms with Crippen molar-refractivity contribution in [1.82, 2.24) is 24.8 Å². The van der Waals surface area contributed by atoms with Gasteiger partial charge < -0.3 is 25.6 Å². The summed E-state index contributed by atoms with van der Waals surface area (Å²) in [6.07, 6.45) is -4.17. The van der Waals surface area contributed by atoms with Crippen LogP contribution in [0.5, 0.6) is 0 Å². The Labute approximate surface area is 203 Å². The molecule has 3 heterocycles. The van der Waals surface area contributed by atoms with Crippen LogP contribution in [-0.2, 0) is 16.1 Å². The molecule has 0 bridgehead atoms. The molecule has 10 nitrogen and oxygen atoms in total. The van der Waals surface area contributed by atoms with Crippen LogP contribution in [0, 0.1) is 11.6 Å². The van der Waals surface area contributed by atoms with Crippen molar-refractivity contribution >= 4 is 22.9 Å². The number of halogens is 2. The fraction of sp³-hybridized carbons (Fsp3) is 0.250. The lowest BCUT2D eigenvalue weighted by molar-refractivity contribution is -0.137. The van der Waals surface area contributed by atoms with Crippen LogP contribution >= 0.6 is 0 Å². The predicted octanol–water partition coefficient (Wildman–Crippen LogP) is 1.75. The van der Waals surface area contributed by atoms with Gasteiger partial charge in [-0.25, -0.2) is 23.7 Å². The van der Waals surface area contributed by atoms with Crippen LogP contribution in [0.2, 0.25) is 0 Å². The summed E-state index contributed by atoms with van der Waals surface area (Å²) in [5, 5.41) is 26.5. The standard InChI is InChI=1S/C24H22F2N6O4/c1-27-23(35)19-17(33)18(34)24(36-19)32-11-29-16-21(28-10-12-5-3-2-4-6-12)30-20(31-22(16)32)13-7-14(25)9-15(26)8-13/h2-9,11,17-19,24,33-34H,10H2,1H3,(H,27,35)(H,28,30,31)/t17?,18?,19-,24?/m1/s1. The Bertz CT molecular complexity index is 1400. The van der Waals surface area contributed by atoms with Crippen molar-refractivity contribution in [2.24, 2.45) is 0 Å². The first-order valence-electron chi connectivity index (χ1n) is 11.1. The average Bonchev–Trinajstić information content (AvgIpc) is 3.42. The summed E-state index contributed by atoms with van der Waals surface area (Å²) in [4.78, 5) is 25.3. The van der Waals surface area contributed by atoms with E-state index in [9.17, 15) is 23.8 Å². The van der Waals surface area contributed by atoms with Crippen molar-refractivity contribution in [2.45, 2.75) is 31.1 Å². The zero-order valence-electron chi connectivity index (χ0n) is 19.0. The highest BCUT2D eigenvalue weighted by Gasteiger charge is 2.47. The summed E-state index contributed by atoms with van der Waals surface area (Å²) in [5.41, 5.74) is 1.49. The van der Waals surface area contributed by atoms with Crippen LogP contribution in [-0.4, -0.2) is 61.0 Å². The Balaban J connectivity index is 1.60. The Morgan fingerprint density at radius 3 is 2.50 bits per heavy atom.